The Morgan fingerprint density at radius 3 is 2.50 bits per heavy atom. The zero-order valence-electron chi connectivity index (χ0n) is 16.3. The molecule has 2 amide bonds. The minimum atomic E-state index is -0.553. The summed E-state index contributed by atoms with van der Waals surface area (Å²) in [6.07, 6.45) is 1.37. The number of amides is 2. The molecule has 3 aromatic rings. The summed E-state index contributed by atoms with van der Waals surface area (Å²) in [7, 11) is 0. The van der Waals surface area contributed by atoms with Gasteiger partial charge in [0.05, 0.1) is 5.52 Å². The van der Waals surface area contributed by atoms with Crippen LogP contribution in [0.2, 0.25) is 0 Å². The number of benzene rings is 2. The van der Waals surface area contributed by atoms with Crippen molar-refractivity contribution in [3.63, 3.8) is 0 Å². The average molecular weight is 428 g/mol. The van der Waals surface area contributed by atoms with Gasteiger partial charge in [-0.2, -0.15) is 0 Å². The van der Waals surface area contributed by atoms with Crippen LogP contribution in [-0.4, -0.2) is 34.8 Å². The summed E-state index contributed by atoms with van der Waals surface area (Å²) in [6, 6.07) is 16.9. The molecule has 4 rings (SSSR count). The number of rotatable bonds is 7. The molecule has 1 aliphatic rings. The van der Waals surface area contributed by atoms with Gasteiger partial charge in [-0.3, -0.25) is 14.2 Å². The van der Waals surface area contributed by atoms with Crippen LogP contribution >= 0.6 is 11.6 Å². The molecule has 0 saturated heterocycles. The maximum absolute atomic E-state index is 12.6. The zero-order chi connectivity index (χ0) is 21.1. The Labute approximate surface area is 178 Å². The molecular formula is C22H22ClN3O4. The van der Waals surface area contributed by atoms with E-state index in [1.165, 1.54) is 4.57 Å². The van der Waals surface area contributed by atoms with E-state index in [0.29, 0.717) is 30.5 Å². The molecule has 1 aromatic heterocycles. The molecular weight excluding hydrogens is 406 g/mol. The van der Waals surface area contributed by atoms with Crippen molar-refractivity contribution in [1.82, 2.24) is 15.2 Å². The van der Waals surface area contributed by atoms with Crippen molar-refractivity contribution in [2.45, 2.75) is 30.8 Å². The molecule has 2 aromatic carbocycles. The van der Waals surface area contributed by atoms with Gasteiger partial charge in [0, 0.05) is 18.0 Å². The first-order valence-electron chi connectivity index (χ1n) is 9.77. The summed E-state index contributed by atoms with van der Waals surface area (Å²) in [6.45, 7) is 0.356. The van der Waals surface area contributed by atoms with Gasteiger partial charge in [-0.25, -0.2) is 4.79 Å². The van der Waals surface area contributed by atoms with Gasteiger partial charge in [0.2, 0.25) is 11.8 Å². The van der Waals surface area contributed by atoms with E-state index in [2.05, 4.69) is 10.6 Å². The molecule has 0 bridgehead atoms. The number of alkyl halides is 1. The molecule has 1 saturated carbocycles. The van der Waals surface area contributed by atoms with Crippen LogP contribution in [-0.2, 0) is 21.5 Å². The van der Waals surface area contributed by atoms with Gasteiger partial charge in [-0.1, -0.05) is 42.5 Å². The van der Waals surface area contributed by atoms with Crippen molar-refractivity contribution in [1.29, 1.82) is 0 Å². The van der Waals surface area contributed by atoms with Crippen LogP contribution in [0.25, 0.3) is 11.1 Å². The predicted octanol–water partition coefficient (Wildman–Crippen LogP) is 2.17. The number of nitrogens with zero attached hydrogens (tertiary/aromatic N) is 1. The third-order valence-corrected chi connectivity index (χ3v) is 5.89. The van der Waals surface area contributed by atoms with E-state index in [0.717, 1.165) is 5.56 Å². The molecule has 0 radical (unpaired) electrons. The Hall–Kier alpha value is -3.06. The summed E-state index contributed by atoms with van der Waals surface area (Å²) in [5.74, 6) is -1.11. The summed E-state index contributed by atoms with van der Waals surface area (Å²) < 4.78 is 6.51. The van der Waals surface area contributed by atoms with Gasteiger partial charge >= 0.3 is 5.76 Å². The fraction of sp³-hybridized carbons (Fsp3) is 0.318. The summed E-state index contributed by atoms with van der Waals surface area (Å²) >= 11 is 5.60. The van der Waals surface area contributed by atoms with Crippen LogP contribution in [0.3, 0.4) is 0 Å². The quantitative estimate of drug-likeness (QED) is 0.565. The number of fused-ring (bicyclic) bond motifs is 1. The van der Waals surface area contributed by atoms with Gasteiger partial charge in [0.25, 0.3) is 0 Å². The molecule has 8 heteroatoms. The third-order valence-electron chi connectivity index (χ3n) is 5.65. The molecule has 156 valence electrons. The smallest absolute Gasteiger partial charge is 0.408 e. The highest BCUT2D eigenvalue weighted by atomic mass is 35.5. The first-order valence-corrected chi connectivity index (χ1v) is 10.3. The molecule has 0 atom stereocenters. The highest BCUT2D eigenvalue weighted by Crippen LogP contribution is 2.43. The van der Waals surface area contributed by atoms with E-state index in [4.69, 9.17) is 16.0 Å². The van der Waals surface area contributed by atoms with Crippen LogP contribution in [0, 0.1) is 0 Å². The minimum absolute atomic E-state index is 0.0422. The number of oxazole rings is 1. The fourth-order valence-corrected chi connectivity index (χ4v) is 4.25. The molecule has 2 N–H and O–H groups in total. The van der Waals surface area contributed by atoms with Crippen molar-refractivity contribution >= 4 is 34.5 Å². The lowest BCUT2D eigenvalue weighted by atomic mass is 9.61. The predicted molar refractivity (Wildman–Crippen MR) is 113 cm³/mol. The highest BCUT2D eigenvalue weighted by Gasteiger charge is 2.46. The number of hydrogen-bond acceptors (Lipinski definition) is 4. The number of para-hydroxylation sites is 2. The monoisotopic (exact) mass is 427 g/mol. The van der Waals surface area contributed by atoms with Gasteiger partial charge < -0.3 is 15.1 Å². The second-order valence-electron chi connectivity index (χ2n) is 7.65. The Balaban J connectivity index is 1.42. The van der Waals surface area contributed by atoms with Crippen LogP contribution < -0.4 is 16.4 Å². The Kier molecular flexibility index (Phi) is 5.63. The number of carbonyl (C=O) groups is 2. The highest BCUT2D eigenvalue weighted by molar-refractivity contribution is 6.27. The molecule has 1 heterocycles. The maximum Gasteiger partial charge on any atom is 0.420 e. The number of halogens is 1. The van der Waals surface area contributed by atoms with Crippen LogP contribution in [0.1, 0.15) is 18.4 Å². The third kappa shape index (κ3) is 3.98. The van der Waals surface area contributed by atoms with E-state index in [1.807, 2.05) is 30.3 Å². The van der Waals surface area contributed by atoms with Gasteiger partial charge in [-0.15, -0.1) is 11.6 Å². The van der Waals surface area contributed by atoms with Crippen molar-refractivity contribution in [2.24, 2.45) is 0 Å². The van der Waals surface area contributed by atoms with Crippen LogP contribution in [0.4, 0.5) is 0 Å². The van der Waals surface area contributed by atoms with Gasteiger partial charge in [-0.05, 0) is 30.5 Å². The summed E-state index contributed by atoms with van der Waals surface area (Å²) in [5, 5.41) is 5.86. The lowest BCUT2D eigenvalue weighted by Crippen LogP contribution is -2.58. The zero-order valence-corrected chi connectivity index (χ0v) is 17.0. The van der Waals surface area contributed by atoms with E-state index < -0.39 is 5.76 Å². The number of nitrogens with one attached hydrogen (secondary N) is 2. The van der Waals surface area contributed by atoms with E-state index >= 15 is 0 Å². The lowest BCUT2D eigenvalue weighted by Gasteiger charge is -2.48. The van der Waals surface area contributed by atoms with Crippen molar-refractivity contribution < 1.29 is 14.0 Å². The van der Waals surface area contributed by atoms with Crippen molar-refractivity contribution in [3.05, 3.63) is 70.7 Å². The van der Waals surface area contributed by atoms with Gasteiger partial charge in [0.15, 0.2) is 5.58 Å². The normalized spacial score (nSPS) is 20.5. The second kappa shape index (κ2) is 8.36. The molecule has 0 aliphatic heterocycles. The maximum atomic E-state index is 12.6. The number of hydrogen-bond donors (Lipinski definition) is 2. The molecule has 7 nitrogen and oxygen atoms in total. The number of carbonyl (C=O) groups excluding carboxylic acids is 2. The Morgan fingerprint density at radius 1 is 1.07 bits per heavy atom. The average Bonchev–Trinajstić information content (AvgIpc) is 3.05. The SMILES string of the molecule is O=C(CCl)NCC1(c2ccccc2)CC(NC(=O)Cn2c(=O)oc3ccccc32)C1. The fourth-order valence-electron chi connectivity index (χ4n) is 4.16. The largest absolute Gasteiger partial charge is 0.420 e. The second-order valence-corrected chi connectivity index (χ2v) is 7.92. The molecule has 1 fully saturated rings. The first kappa shape index (κ1) is 20.2. The van der Waals surface area contributed by atoms with Crippen LogP contribution in [0.15, 0.2) is 63.8 Å². The Morgan fingerprint density at radius 2 is 1.77 bits per heavy atom. The van der Waals surface area contributed by atoms with Crippen molar-refractivity contribution in [3.8, 4) is 0 Å². The molecule has 0 unspecified atom stereocenters. The van der Waals surface area contributed by atoms with E-state index in [1.54, 1.807) is 24.3 Å². The topological polar surface area (TPSA) is 93.3 Å². The standard InChI is InChI=1S/C22H22ClN3O4/c23-12-19(27)24-14-22(15-6-2-1-3-7-15)10-16(11-22)25-20(28)13-26-17-8-4-5-9-18(17)30-21(26)29/h1-9,16H,10-14H2,(H,24,27)(H,25,28). The summed E-state index contributed by atoms with van der Waals surface area (Å²) in [5.41, 5.74) is 1.91. The van der Waals surface area contributed by atoms with Crippen molar-refractivity contribution in [2.75, 3.05) is 12.4 Å². The molecule has 0 spiro atoms. The Bertz CT molecular complexity index is 1120. The first-order chi connectivity index (χ1) is 14.5. The lowest BCUT2D eigenvalue weighted by molar-refractivity contribution is -0.124. The van der Waals surface area contributed by atoms with E-state index in [9.17, 15) is 14.4 Å². The van der Waals surface area contributed by atoms with Gasteiger partial charge in [0.1, 0.15) is 12.4 Å². The number of aromatic nitrogens is 1. The van der Waals surface area contributed by atoms with Crippen LogP contribution in [0.5, 0.6) is 0 Å². The minimum Gasteiger partial charge on any atom is -0.408 e. The van der Waals surface area contributed by atoms with E-state index in [-0.39, 0.29) is 35.7 Å². The molecule has 30 heavy (non-hydrogen) atoms. The summed E-state index contributed by atoms with van der Waals surface area (Å²) in [4.78, 5) is 36.3. The molecule has 1 aliphatic carbocycles.